The number of hydrogen-bond acceptors (Lipinski definition) is 4. The molecule has 0 aliphatic carbocycles. The number of carbonyl (C=O) groups excluding carboxylic acids is 1. The maximum Gasteiger partial charge on any atom is 0.120 e. The first-order valence-electron chi connectivity index (χ1n) is 22.5. The van der Waals surface area contributed by atoms with Gasteiger partial charge in [-0.15, -0.1) is 80.4 Å². The lowest BCUT2D eigenvalue weighted by molar-refractivity contribution is -0.107. The highest BCUT2D eigenvalue weighted by molar-refractivity contribution is 9.06. The number of allylic oxidation sites excluding steroid dienone is 4. The number of carbonyl (C=O) groups is 1. The van der Waals surface area contributed by atoms with Gasteiger partial charge < -0.3 is 20.1 Å². The van der Waals surface area contributed by atoms with Gasteiger partial charge in [-0.05, 0) is 135 Å². The molecule has 18 heteroatoms. The number of benzene rings is 2. The largest absolute Gasteiger partial charge is 0.508 e. The molecule has 0 fully saturated rings. The lowest BCUT2D eigenvalue weighted by Gasteiger charge is -2.18. The first-order chi connectivity index (χ1) is 29.8. The minimum Gasteiger partial charge on any atom is -0.508 e. The first kappa shape index (κ1) is 67.2. The van der Waals surface area contributed by atoms with E-state index in [1.165, 1.54) is 133 Å². The molecule has 0 aliphatic rings. The number of hydrogen-bond donors (Lipinski definition) is 3. The van der Waals surface area contributed by atoms with E-state index in [0.29, 0.717) is 24.5 Å². The molecule has 62 heavy (non-hydrogen) atoms. The summed E-state index contributed by atoms with van der Waals surface area (Å²) >= 11 is 0. The van der Waals surface area contributed by atoms with Gasteiger partial charge in [-0.1, -0.05) is 145 Å². The molecule has 2 aromatic rings. The van der Waals surface area contributed by atoms with Crippen LogP contribution in [0.2, 0.25) is 0 Å². The molecule has 2 rings (SSSR count). The van der Waals surface area contributed by atoms with E-state index in [-0.39, 0.29) is 36.4 Å². The highest BCUT2D eigenvalue weighted by Crippen LogP contribution is 3.00. The van der Waals surface area contributed by atoms with Crippen molar-refractivity contribution in [3.63, 3.8) is 0 Å². The van der Waals surface area contributed by atoms with Crippen molar-refractivity contribution in [1.29, 1.82) is 0 Å². The van der Waals surface area contributed by atoms with Crippen molar-refractivity contribution in [1.82, 2.24) is 0 Å². The highest BCUT2D eigenvalue weighted by atomic mass is 33.1. The lowest BCUT2D eigenvalue weighted by Crippen LogP contribution is -1.87. The fraction of sp³-hybridized carbons (Fsp3) is 0.614. The summed E-state index contributed by atoms with van der Waals surface area (Å²) in [5.41, 5.74) is 2.49. The number of aliphatic hydroxyl groups is 1. The van der Waals surface area contributed by atoms with Gasteiger partial charge in [-0.25, -0.2) is 0 Å². The summed E-state index contributed by atoms with van der Waals surface area (Å²) in [5, 5.41) is 27.6. The van der Waals surface area contributed by atoms with E-state index in [0.717, 1.165) is 44.8 Å². The number of aromatic hydroxyl groups is 2. The van der Waals surface area contributed by atoms with E-state index in [2.05, 4.69) is 117 Å². The summed E-state index contributed by atoms with van der Waals surface area (Å²) in [7, 11) is 25.5. The van der Waals surface area contributed by atoms with Crippen LogP contribution in [0, 0.1) is 0 Å². The van der Waals surface area contributed by atoms with Crippen LogP contribution < -0.4 is 0 Å². The first-order valence-corrected chi connectivity index (χ1v) is 45.9. The molecule has 0 spiro atoms. The average molecular weight is 1120 g/mol. The molecule has 0 radical (unpaired) electrons. The van der Waals surface area contributed by atoms with Crippen molar-refractivity contribution in [2.24, 2.45) is 0 Å². The van der Waals surface area contributed by atoms with Crippen molar-refractivity contribution in [3.05, 3.63) is 84.0 Å². The Morgan fingerprint density at radius 2 is 0.790 bits per heavy atom. The number of phenolic OH excluding ortho intramolecular Hbond substituents is 2. The Hall–Kier alpha value is 3.17. The van der Waals surface area contributed by atoms with Crippen LogP contribution in [0.1, 0.15) is 167 Å². The van der Waals surface area contributed by atoms with Crippen LogP contribution in [0.15, 0.2) is 72.8 Å². The second-order valence-electron chi connectivity index (χ2n) is 15.2. The molecule has 0 saturated heterocycles. The van der Waals surface area contributed by atoms with Gasteiger partial charge in [0.15, 0.2) is 0 Å². The Balaban J connectivity index is -0.000000867. The van der Waals surface area contributed by atoms with E-state index in [1.807, 2.05) is 24.3 Å². The fourth-order valence-corrected chi connectivity index (χ4v) is 34.9. The summed E-state index contributed by atoms with van der Waals surface area (Å²) in [6, 6.07) is 15.2. The summed E-state index contributed by atoms with van der Waals surface area (Å²) in [6.45, 7) is 1.18. The lowest BCUT2D eigenvalue weighted by atomic mass is 10.0. The molecule has 2 aromatic carbocycles. The van der Waals surface area contributed by atoms with E-state index in [9.17, 15) is 15.0 Å². The fourth-order valence-electron chi connectivity index (χ4n) is 6.05. The van der Waals surface area contributed by atoms with Crippen molar-refractivity contribution >= 4 is 122 Å². The normalized spacial score (nSPS) is 11.3. The van der Waals surface area contributed by atoms with Crippen LogP contribution in [0.25, 0.3) is 0 Å². The number of phenols is 2. The van der Waals surface area contributed by atoms with E-state index >= 15 is 0 Å². The van der Waals surface area contributed by atoms with Gasteiger partial charge in [0.1, 0.15) is 17.8 Å². The minimum absolute atomic E-state index is 0. The van der Waals surface area contributed by atoms with Crippen LogP contribution >= 0.6 is 115 Å². The van der Waals surface area contributed by atoms with Gasteiger partial charge in [-0.3, -0.25) is 0 Å². The molecule has 0 saturated carbocycles. The zero-order valence-electron chi connectivity index (χ0n) is 37.8. The number of rotatable bonds is 33. The van der Waals surface area contributed by atoms with Crippen LogP contribution in [-0.2, 0) is 17.6 Å². The van der Waals surface area contributed by atoms with E-state index in [4.69, 9.17) is 5.11 Å². The van der Waals surface area contributed by atoms with Crippen molar-refractivity contribution in [2.45, 2.75) is 167 Å². The Morgan fingerprint density at radius 1 is 0.435 bits per heavy atom. The third-order valence-electron chi connectivity index (χ3n) is 9.57. The van der Waals surface area contributed by atoms with Crippen LogP contribution in [0.3, 0.4) is 0 Å². The third kappa shape index (κ3) is 51.0. The molecule has 0 aliphatic heterocycles. The van der Waals surface area contributed by atoms with E-state index in [1.54, 1.807) is 12.1 Å². The molecule has 9 atom stereocenters. The monoisotopic (exact) mass is 1120 g/mol. The maximum absolute atomic E-state index is 10.2. The van der Waals surface area contributed by atoms with Gasteiger partial charge in [0.2, 0.25) is 0 Å². The zero-order valence-corrected chi connectivity index (χ0v) is 52.6. The summed E-state index contributed by atoms with van der Waals surface area (Å²) in [5.74, 6) is 0.757. The smallest absolute Gasteiger partial charge is 0.120 e. The van der Waals surface area contributed by atoms with Crippen LogP contribution in [-0.4, -0.2) is 28.2 Å². The molecular formula is C44H90O4P14. The average Bonchev–Trinajstić information content (AvgIpc) is 3.24. The Morgan fingerprint density at radius 3 is 1.11 bits per heavy atom. The van der Waals surface area contributed by atoms with Crippen molar-refractivity contribution in [2.75, 3.05) is 6.61 Å². The summed E-state index contributed by atoms with van der Waals surface area (Å²) in [4.78, 5) is 10.2. The quantitative estimate of drug-likeness (QED) is 0.0288. The number of aliphatic hydroxyl groups excluding tert-OH is 1. The standard InChI is InChI=1S/C22H38O2.C22H32O2.H10P8.H8P6.H2/c2*23-19-14-12-10-8-6-4-2-1-3-5-7-9-11-13-16-21-17-15-18-22(24)20-21;1-6(2)8(5)7(3)4;1-5(2)6(3)4;/h15,17-18,20,23-24H,1-14,16,19H2;1-2,6,8,15,17-20,24H,3-5,7,9-14,16H2;1-5H2;1-4H2;1H/b;2-1+,8-6+;;;. The van der Waals surface area contributed by atoms with E-state index < -0.39 is 0 Å². The highest BCUT2D eigenvalue weighted by Gasteiger charge is 2.09. The van der Waals surface area contributed by atoms with Crippen LogP contribution in [0.5, 0.6) is 11.5 Å². The molecule has 9 unspecified atom stereocenters. The zero-order chi connectivity index (χ0) is 46.5. The van der Waals surface area contributed by atoms with Crippen molar-refractivity contribution in [3.8, 4) is 11.5 Å². The predicted octanol–water partition coefficient (Wildman–Crippen LogP) is 20.0. The van der Waals surface area contributed by atoms with Gasteiger partial charge >= 0.3 is 0 Å². The third-order valence-corrected chi connectivity index (χ3v) is 68.8. The molecule has 4 nitrogen and oxygen atoms in total. The van der Waals surface area contributed by atoms with Crippen LogP contribution in [0.4, 0.5) is 0 Å². The summed E-state index contributed by atoms with van der Waals surface area (Å²) in [6.07, 6.45) is 41.6. The number of unbranched alkanes of at least 4 members (excludes halogenated alkanes) is 20. The molecule has 360 valence electrons. The van der Waals surface area contributed by atoms with Gasteiger partial charge in [-0.2, -0.15) is 0 Å². The molecule has 0 amide bonds. The minimum atomic E-state index is 0. The number of aldehydes is 1. The SMILES string of the molecule is O=CCCC/C=C/C/C=C/CCCCCCCc1cccc(O)c1.OCCCCCCCCCCCCCCCCc1cccc(O)c1.PP(P)P(P)P.PP(P)P(P)P(P)P.[HH]. The number of aryl methyl sites for hydroxylation is 2. The topological polar surface area (TPSA) is 77.8 Å². The van der Waals surface area contributed by atoms with Crippen molar-refractivity contribution < 1.29 is 21.5 Å². The molecule has 3 N–H and O–H groups in total. The molecule has 0 bridgehead atoms. The summed E-state index contributed by atoms with van der Waals surface area (Å²) < 4.78 is 0. The van der Waals surface area contributed by atoms with Gasteiger partial charge in [0, 0.05) is 14.5 Å². The maximum atomic E-state index is 10.2. The predicted molar refractivity (Wildman–Crippen MR) is 330 cm³/mol. The molecule has 0 aromatic heterocycles. The molecular weight excluding hydrogens is 1030 g/mol. The van der Waals surface area contributed by atoms with Gasteiger partial charge in [0.25, 0.3) is 0 Å². The second-order valence-corrected chi connectivity index (χ2v) is 63.0. The molecule has 0 heterocycles. The Labute approximate surface area is 409 Å². The Bertz CT molecular complexity index is 1320. The second kappa shape index (κ2) is 52.0. The Kier molecular flexibility index (Phi) is 56.4. The van der Waals surface area contributed by atoms with Gasteiger partial charge in [0.05, 0.1) is 0 Å².